The Hall–Kier alpha value is -8.39. The Labute approximate surface area is 692 Å². The van der Waals surface area contributed by atoms with Gasteiger partial charge in [-0.2, -0.15) is 5.90 Å². The third-order valence-electron chi connectivity index (χ3n) is 23.5. The molecule has 0 aromatic carbocycles. The summed E-state index contributed by atoms with van der Waals surface area (Å²) in [5.41, 5.74) is 20.8. The van der Waals surface area contributed by atoms with Crippen LogP contribution in [0.15, 0.2) is 151 Å². The van der Waals surface area contributed by atoms with Crippen LogP contribution in [0, 0.1) is 52.8 Å². The zero-order valence-electron chi connectivity index (χ0n) is 70.9. The summed E-state index contributed by atoms with van der Waals surface area (Å²) in [7, 11) is 0. The van der Waals surface area contributed by atoms with E-state index in [2.05, 4.69) is 88.8 Å². The second kappa shape index (κ2) is 56.9. The molecule has 0 saturated heterocycles. The number of rotatable bonds is 48. The average Bonchev–Trinajstić information content (AvgIpc) is 1.54. The van der Waals surface area contributed by atoms with Crippen molar-refractivity contribution in [2.45, 2.75) is 310 Å². The molecule has 6 rings (SSSR count). The van der Waals surface area contributed by atoms with Gasteiger partial charge >= 0.3 is 23.9 Å². The minimum absolute atomic E-state index is 0.00457. The Morgan fingerprint density at radius 3 is 1.65 bits per heavy atom. The molecule has 25 nitrogen and oxygen atoms in total. The molecular formula is C91H147N11O14. The van der Waals surface area contributed by atoms with Crippen LogP contribution in [0.4, 0.5) is 0 Å². The van der Waals surface area contributed by atoms with E-state index >= 15 is 0 Å². The largest absolute Gasteiger partial charge is 0.508 e. The summed E-state index contributed by atoms with van der Waals surface area (Å²) >= 11 is 0. The molecule has 0 aromatic heterocycles. The number of aliphatic imine (C=N–C) groups is 4. The number of allylic oxidation sites excluding steroid dienone is 13. The number of aliphatic carboxylic acids is 4. The molecule has 13 atom stereocenters. The molecule has 0 aromatic rings. The lowest BCUT2D eigenvalue weighted by atomic mass is 9.60. The standard InChI is InChI=1S/C33H51N3O6.C31H48N4O4.C27H48N4O4/c1-2-3-5-12-25(14-8-13-24-10-6-4-7-11-24)22-29(32(41)42)36-33(34)35-20-19-28(31(39)40)30(38)16-9-15-26-17-18-27(21-26)23-37;1-4-7-8-10-21(9-5-2)17-25(29(38)39)35-30(32)34-20-27(37)28-26(36)18-24(19-33-28)31(14-6-3)15-13-22-11-12-23(31)16-22;1-4-6-8-12-21(11-5-2)19-23(26(33)34)31-27(28)30-18-17-25(35-29)24(32)16-15-20(3)22-13-9-7-10-14-22/h8,14,17-19,22-24,26-27,29-30,38H,2-7,9-13,15-16,20-21H2,1H3,(H,39,40)(H,41,42)(H3,34,35,36);5,9,13,15,17,19,22-26,36-37H,4,6-8,10-12,14,16,18,20H2,1-3H3,(H,38,39)(H3,32,34,35);5,11,17,19-20,22-24,32H,4,6-10,12-16,18,29H2,1-3H3,(H,33,34)(H3,28,30,31)/b14-8+,25-22-,28-19-;9-5+,21-17+,28-27+;11-5+,21-19+,25-17-. The summed E-state index contributed by atoms with van der Waals surface area (Å²) in [5, 5.41) is 89.6. The quantitative estimate of drug-likeness (QED) is 0.00310. The molecule has 0 spiro atoms. The lowest BCUT2D eigenvalue weighted by Crippen LogP contribution is -2.44. The second-order valence-electron chi connectivity index (χ2n) is 32.5. The fourth-order valence-electron chi connectivity index (χ4n) is 16.9. The minimum Gasteiger partial charge on any atom is -0.508 e. The topological polar surface area (TPSA) is 446 Å². The van der Waals surface area contributed by atoms with Gasteiger partial charge in [0.1, 0.15) is 60.4 Å². The van der Waals surface area contributed by atoms with Crippen LogP contribution in [0.1, 0.15) is 273 Å². The van der Waals surface area contributed by atoms with Gasteiger partial charge in [0.25, 0.3) is 0 Å². The van der Waals surface area contributed by atoms with E-state index in [1.165, 1.54) is 89.5 Å². The smallest absolute Gasteiger partial charge is 0.333 e. The maximum Gasteiger partial charge on any atom is 0.333 e. The number of carbonyl (C=O) groups is 5. The van der Waals surface area contributed by atoms with Crippen molar-refractivity contribution in [3.05, 3.63) is 131 Å². The number of nitrogens with two attached hydrogens (primary N) is 4. The van der Waals surface area contributed by atoms with Gasteiger partial charge in [0.2, 0.25) is 0 Å². The zero-order chi connectivity index (χ0) is 85.2. The molecule has 13 unspecified atom stereocenters. The van der Waals surface area contributed by atoms with Crippen molar-refractivity contribution in [1.82, 2.24) is 16.0 Å². The summed E-state index contributed by atoms with van der Waals surface area (Å²) in [6, 6.07) is -3.13. The van der Waals surface area contributed by atoms with Crippen molar-refractivity contribution in [1.29, 1.82) is 0 Å². The van der Waals surface area contributed by atoms with Crippen molar-refractivity contribution in [3.8, 4) is 0 Å². The van der Waals surface area contributed by atoms with E-state index in [1.54, 1.807) is 24.3 Å². The third-order valence-corrected chi connectivity index (χ3v) is 23.5. The Morgan fingerprint density at radius 2 is 1.16 bits per heavy atom. The first kappa shape index (κ1) is 100.0. The van der Waals surface area contributed by atoms with Gasteiger partial charge in [0, 0.05) is 18.1 Å². The molecule has 116 heavy (non-hydrogen) atoms. The normalized spacial score (nSPS) is 24.1. The number of aldehydes is 1. The lowest BCUT2D eigenvalue weighted by Gasteiger charge is -2.45. The van der Waals surface area contributed by atoms with Crippen LogP contribution >= 0.6 is 0 Å². The molecule has 650 valence electrons. The van der Waals surface area contributed by atoms with Crippen LogP contribution in [0.3, 0.4) is 0 Å². The lowest BCUT2D eigenvalue weighted by molar-refractivity contribution is -0.138. The summed E-state index contributed by atoms with van der Waals surface area (Å²) in [6.45, 7) is 14.4. The molecule has 25 heteroatoms. The molecule has 3 fully saturated rings. The zero-order valence-corrected chi connectivity index (χ0v) is 70.9. The average molecular weight is 1620 g/mol. The summed E-state index contributed by atoms with van der Waals surface area (Å²) < 4.78 is 0. The van der Waals surface area contributed by atoms with Gasteiger partial charge in [-0.15, -0.1) is 0 Å². The molecule has 2 bridgehead atoms. The molecule has 1 aliphatic heterocycles. The van der Waals surface area contributed by atoms with Crippen molar-refractivity contribution in [3.63, 3.8) is 0 Å². The predicted octanol–water partition coefficient (Wildman–Crippen LogP) is 15.3. The highest BCUT2D eigenvalue weighted by atomic mass is 16.6. The molecular weight excluding hydrogens is 1470 g/mol. The highest BCUT2D eigenvalue weighted by Gasteiger charge is 2.49. The molecule has 1 heterocycles. The maximum atomic E-state index is 12.0. The van der Waals surface area contributed by atoms with Crippen LogP contribution < -0.4 is 39.0 Å². The van der Waals surface area contributed by atoms with Gasteiger partial charge in [-0.1, -0.05) is 205 Å². The summed E-state index contributed by atoms with van der Waals surface area (Å²) in [4.78, 5) is 80.1. The highest BCUT2D eigenvalue weighted by molar-refractivity contribution is 5.89. The first-order valence-electron chi connectivity index (χ1n) is 43.5. The minimum atomic E-state index is -1.24. The van der Waals surface area contributed by atoms with Crippen LogP contribution in [-0.4, -0.2) is 151 Å². The van der Waals surface area contributed by atoms with Crippen LogP contribution in [0.2, 0.25) is 0 Å². The predicted molar refractivity (Wildman–Crippen MR) is 466 cm³/mol. The Balaban J connectivity index is 0.000000368. The van der Waals surface area contributed by atoms with Gasteiger partial charge in [-0.05, 0) is 217 Å². The van der Waals surface area contributed by atoms with E-state index in [0.29, 0.717) is 42.9 Å². The summed E-state index contributed by atoms with van der Waals surface area (Å²) in [5.74, 6) is 4.40. The van der Waals surface area contributed by atoms with Crippen LogP contribution in [-0.2, 0) is 28.8 Å². The first-order chi connectivity index (χ1) is 55.8. The molecule has 0 radical (unpaired) electrons. The van der Waals surface area contributed by atoms with Gasteiger partial charge < -0.3 is 83.6 Å². The van der Waals surface area contributed by atoms with Gasteiger partial charge in [-0.3, -0.25) is 4.99 Å². The number of carbonyl (C=O) groups excluding carboxylic acids is 1. The Bertz CT molecular complexity index is 3460. The number of fused-ring (bicyclic) bond motifs is 2. The number of carboxylic acids is 4. The van der Waals surface area contributed by atoms with E-state index in [0.717, 1.165) is 144 Å². The second-order valence-corrected chi connectivity index (χ2v) is 32.5. The Kier molecular flexibility index (Phi) is 49.0. The van der Waals surface area contributed by atoms with Crippen molar-refractivity contribution in [2.24, 2.45) is 95.8 Å². The van der Waals surface area contributed by atoms with E-state index in [1.807, 2.05) is 62.6 Å². The number of aliphatic hydroxyl groups is 4. The van der Waals surface area contributed by atoms with Crippen LogP contribution in [0.5, 0.6) is 0 Å². The number of hydrogen-bond acceptors (Lipinski definition) is 15. The molecule has 19 N–H and O–H groups in total. The molecule has 5 aliphatic carbocycles. The first-order valence-corrected chi connectivity index (χ1v) is 43.5. The van der Waals surface area contributed by atoms with Gasteiger partial charge in [0.05, 0.1) is 24.8 Å². The molecule has 6 aliphatic rings. The van der Waals surface area contributed by atoms with Crippen molar-refractivity contribution < 1.29 is 69.7 Å². The number of nitrogens with zero attached hydrogens (tertiary/aromatic N) is 4. The maximum absolute atomic E-state index is 12.0. The number of nitrogens with one attached hydrogen (secondary N) is 3. The van der Waals surface area contributed by atoms with Crippen molar-refractivity contribution >= 4 is 54.3 Å². The van der Waals surface area contributed by atoms with E-state index < -0.39 is 60.3 Å². The number of aliphatic hydroxyl groups excluding tert-OH is 4. The monoisotopic (exact) mass is 1620 g/mol. The van der Waals surface area contributed by atoms with E-state index in [-0.39, 0.29) is 89.9 Å². The van der Waals surface area contributed by atoms with E-state index in [4.69, 9.17) is 27.9 Å². The van der Waals surface area contributed by atoms with E-state index in [9.17, 15) is 64.8 Å². The number of carboxylic acid groups (broad SMARTS) is 4. The summed E-state index contributed by atoms with van der Waals surface area (Å²) in [6.07, 6.45) is 64.1. The molecule has 3 saturated carbocycles. The van der Waals surface area contributed by atoms with Crippen molar-refractivity contribution in [2.75, 3.05) is 19.6 Å². The molecule has 0 amide bonds. The number of hydrogen-bond donors (Lipinski definition) is 15. The van der Waals surface area contributed by atoms with Crippen LogP contribution in [0.25, 0.3) is 0 Å². The third kappa shape index (κ3) is 37.5. The van der Waals surface area contributed by atoms with Gasteiger partial charge in [-0.25, -0.2) is 34.2 Å². The Morgan fingerprint density at radius 1 is 0.621 bits per heavy atom. The highest BCUT2D eigenvalue weighted by Crippen LogP contribution is 2.56. The fraction of sp³-hybridized carbons (Fsp3) is 0.659. The van der Waals surface area contributed by atoms with Gasteiger partial charge in [0.15, 0.2) is 17.9 Å². The SMILES string of the molecule is C/C=C/C(=C\C(NC(N)=NC/C(O)=C1\N=CC(C2(CCC)C=CC3CCC2C3)CC1O)C(=O)O)CCCCC.C/C=C/C(=C\C(NC(N)=NC/C=C(\ON)C(O)CCC(C)C1CCCCC1)C(=O)O)CCCCC.CCCCCC(=C/C(NC(N)=NC/C=C(\C(=O)O)C(O)CCCC1C=CC(C=O)C1)C(=O)O)/C=C/CC1CCCCC1. The fourth-order valence-corrected chi connectivity index (χ4v) is 16.9. The number of unbranched alkanes of at least 4 members (excludes halogenated alkanes) is 6. The number of guanidine groups is 3.